The van der Waals surface area contributed by atoms with E-state index in [0.29, 0.717) is 5.69 Å². The number of rotatable bonds is 7. The minimum atomic E-state index is -3.51. The van der Waals surface area contributed by atoms with Crippen molar-refractivity contribution in [2.24, 2.45) is 0 Å². The van der Waals surface area contributed by atoms with Crippen LogP contribution in [0.25, 0.3) is 0 Å². The Balaban J connectivity index is 2.94. The zero-order valence-corrected chi connectivity index (χ0v) is 13.7. The van der Waals surface area contributed by atoms with E-state index in [2.05, 4.69) is 28.2 Å². The molecular formula is C14H25N3O2S. The maximum Gasteiger partial charge on any atom is 0.299 e. The van der Waals surface area contributed by atoms with Gasteiger partial charge in [0.1, 0.15) is 0 Å². The number of benzene rings is 1. The molecular weight excluding hydrogens is 274 g/mol. The van der Waals surface area contributed by atoms with Gasteiger partial charge in [0, 0.05) is 24.8 Å². The lowest BCUT2D eigenvalue weighted by atomic mass is 10.1. The SMILES string of the molecule is CCN(CC)c1ccc(NS(=O)(=O)NC(C)C)c(C)c1. The van der Waals surface area contributed by atoms with Crippen molar-refractivity contribution in [1.82, 2.24) is 4.72 Å². The summed E-state index contributed by atoms with van der Waals surface area (Å²) < 4.78 is 28.8. The monoisotopic (exact) mass is 299 g/mol. The Morgan fingerprint density at radius 2 is 1.80 bits per heavy atom. The van der Waals surface area contributed by atoms with Gasteiger partial charge in [-0.1, -0.05) is 0 Å². The quantitative estimate of drug-likeness (QED) is 0.813. The van der Waals surface area contributed by atoms with Crippen molar-refractivity contribution in [2.75, 3.05) is 22.7 Å². The van der Waals surface area contributed by atoms with Crippen LogP contribution in [0.4, 0.5) is 11.4 Å². The van der Waals surface area contributed by atoms with Crippen LogP contribution in [0, 0.1) is 6.92 Å². The van der Waals surface area contributed by atoms with Gasteiger partial charge in [-0.3, -0.25) is 4.72 Å². The first-order valence-electron chi connectivity index (χ1n) is 6.94. The molecule has 2 N–H and O–H groups in total. The Labute approximate surface area is 122 Å². The number of hydrogen-bond acceptors (Lipinski definition) is 3. The van der Waals surface area contributed by atoms with Crippen LogP contribution < -0.4 is 14.3 Å². The summed E-state index contributed by atoms with van der Waals surface area (Å²) in [5.74, 6) is 0. The van der Waals surface area contributed by atoms with Gasteiger partial charge in [0.2, 0.25) is 0 Å². The molecule has 0 aromatic heterocycles. The molecule has 0 saturated carbocycles. The molecule has 0 radical (unpaired) electrons. The van der Waals surface area contributed by atoms with Gasteiger partial charge < -0.3 is 4.90 Å². The molecule has 0 amide bonds. The lowest BCUT2D eigenvalue weighted by Crippen LogP contribution is -2.35. The van der Waals surface area contributed by atoms with Gasteiger partial charge in [0.05, 0.1) is 5.69 Å². The Bertz CT molecular complexity index is 537. The van der Waals surface area contributed by atoms with E-state index in [1.165, 1.54) is 0 Å². The summed E-state index contributed by atoms with van der Waals surface area (Å²) in [5.41, 5.74) is 2.62. The molecule has 6 heteroatoms. The number of anilines is 2. The highest BCUT2D eigenvalue weighted by atomic mass is 32.2. The van der Waals surface area contributed by atoms with E-state index in [9.17, 15) is 8.42 Å². The van der Waals surface area contributed by atoms with E-state index in [0.717, 1.165) is 24.3 Å². The fourth-order valence-electron chi connectivity index (χ4n) is 2.03. The minimum absolute atomic E-state index is 0.136. The van der Waals surface area contributed by atoms with Gasteiger partial charge in [-0.15, -0.1) is 0 Å². The van der Waals surface area contributed by atoms with Crippen molar-refractivity contribution in [3.05, 3.63) is 23.8 Å². The van der Waals surface area contributed by atoms with E-state index in [4.69, 9.17) is 0 Å². The smallest absolute Gasteiger partial charge is 0.299 e. The largest absolute Gasteiger partial charge is 0.372 e. The lowest BCUT2D eigenvalue weighted by molar-refractivity contribution is 0.575. The van der Waals surface area contributed by atoms with E-state index in [1.807, 2.05) is 25.1 Å². The zero-order chi connectivity index (χ0) is 15.3. The summed E-state index contributed by atoms with van der Waals surface area (Å²) >= 11 is 0. The normalized spacial score (nSPS) is 11.7. The molecule has 1 rings (SSSR count). The molecule has 0 aliphatic heterocycles. The molecule has 114 valence electrons. The average Bonchev–Trinajstić information content (AvgIpc) is 2.32. The first-order chi connectivity index (χ1) is 9.29. The van der Waals surface area contributed by atoms with Crippen molar-refractivity contribution in [1.29, 1.82) is 0 Å². The van der Waals surface area contributed by atoms with E-state index in [1.54, 1.807) is 13.8 Å². The van der Waals surface area contributed by atoms with Crippen molar-refractivity contribution in [3.8, 4) is 0 Å². The molecule has 20 heavy (non-hydrogen) atoms. The molecule has 1 aromatic rings. The zero-order valence-electron chi connectivity index (χ0n) is 12.9. The standard InChI is InChI=1S/C14H25N3O2S/c1-6-17(7-2)13-8-9-14(12(5)10-13)16-20(18,19)15-11(3)4/h8-11,15-16H,6-7H2,1-5H3. The highest BCUT2D eigenvalue weighted by Gasteiger charge is 2.13. The molecule has 0 bridgehead atoms. The van der Waals surface area contributed by atoms with Crippen LogP contribution in [-0.4, -0.2) is 27.5 Å². The number of hydrogen-bond donors (Lipinski definition) is 2. The second kappa shape index (κ2) is 6.95. The minimum Gasteiger partial charge on any atom is -0.372 e. The number of nitrogens with zero attached hydrogens (tertiary/aromatic N) is 1. The summed E-state index contributed by atoms with van der Waals surface area (Å²) in [7, 11) is -3.51. The average molecular weight is 299 g/mol. The molecule has 1 aromatic carbocycles. The molecule has 0 heterocycles. The van der Waals surface area contributed by atoms with Crippen LogP contribution in [-0.2, 0) is 10.2 Å². The van der Waals surface area contributed by atoms with Crippen LogP contribution >= 0.6 is 0 Å². The van der Waals surface area contributed by atoms with Crippen LogP contribution in [0.2, 0.25) is 0 Å². The van der Waals surface area contributed by atoms with Gasteiger partial charge in [-0.25, -0.2) is 0 Å². The highest BCUT2D eigenvalue weighted by Crippen LogP contribution is 2.23. The van der Waals surface area contributed by atoms with Crippen LogP contribution in [0.15, 0.2) is 18.2 Å². The third-order valence-electron chi connectivity index (χ3n) is 2.97. The van der Waals surface area contributed by atoms with Crippen LogP contribution in [0.1, 0.15) is 33.3 Å². The molecule has 0 aliphatic rings. The predicted octanol–water partition coefficient (Wildman–Crippen LogP) is 2.50. The summed E-state index contributed by atoms with van der Waals surface area (Å²) in [5, 5.41) is 0. The van der Waals surface area contributed by atoms with Crippen LogP contribution in [0.3, 0.4) is 0 Å². The van der Waals surface area contributed by atoms with Crippen molar-refractivity contribution < 1.29 is 8.42 Å². The first kappa shape index (κ1) is 16.8. The van der Waals surface area contributed by atoms with Gasteiger partial charge in [0.25, 0.3) is 10.2 Å². The summed E-state index contributed by atoms with van der Waals surface area (Å²) in [6.07, 6.45) is 0. The summed E-state index contributed by atoms with van der Waals surface area (Å²) in [6, 6.07) is 5.61. The molecule has 0 spiro atoms. The number of aryl methyl sites for hydroxylation is 1. The Hall–Kier alpha value is -1.27. The Kier molecular flexibility index (Phi) is 5.83. The molecule has 0 unspecified atom stereocenters. The fourth-order valence-corrected chi connectivity index (χ4v) is 3.23. The third kappa shape index (κ3) is 4.68. The summed E-state index contributed by atoms with van der Waals surface area (Å²) in [4.78, 5) is 2.22. The Morgan fingerprint density at radius 1 is 1.20 bits per heavy atom. The van der Waals surface area contributed by atoms with E-state index >= 15 is 0 Å². The highest BCUT2D eigenvalue weighted by molar-refractivity contribution is 7.90. The maximum absolute atomic E-state index is 11.9. The molecule has 0 aliphatic carbocycles. The van der Waals surface area contributed by atoms with Gasteiger partial charge in [0.15, 0.2) is 0 Å². The predicted molar refractivity (Wildman–Crippen MR) is 85.6 cm³/mol. The Morgan fingerprint density at radius 3 is 2.25 bits per heavy atom. The maximum atomic E-state index is 11.9. The van der Waals surface area contributed by atoms with Gasteiger partial charge in [-0.05, 0) is 58.4 Å². The van der Waals surface area contributed by atoms with Crippen molar-refractivity contribution in [2.45, 2.75) is 40.7 Å². The van der Waals surface area contributed by atoms with Crippen molar-refractivity contribution in [3.63, 3.8) is 0 Å². The summed E-state index contributed by atoms with van der Waals surface area (Å²) in [6.45, 7) is 11.5. The molecule has 0 saturated heterocycles. The number of nitrogens with one attached hydrogen (secondary N) is 2. The molecule has 0 fully saturated rings. The third-order valence-corrected chi connectivity index (χ3v) is 4.24. The van der Waals surface area contributed by atoms with Crippen molar-refractivity contribution >= 4 is 21.6 Å². The lowest BCUT2D eigenvalue weighted by Gasteiger charge is -2.22. The molecule has 5 nitrogen and oxygen atoms in total. The second-order valence-corrected chi connectivity index (χ2v) is 6.50. The van der Waals surface area contributed by atoms with Gasteiger partial charge in [-0.2, -0.15) is 13.1 Å². The van der Waals surface area contributed by atoms with Gasteiger partial charge >= 0.3 is 0 Å². The second-order valence-electron chi connectivity index (χ2n) is 5.05. The fraction of sp³-hybridized carbons (Fsp3) is 0.571. The van der Waals surface area contributed by atoms with E-state index in [-0.39, 0.29) is 6.04 Å². The topological polar surface area (TPSA) is 61.4 Å². The molecule has 0 atom stereocenters. The van der Waals surface area contributed by atoms with Crippen LogP contribution in [0.5, 0.6) is 0 Å². The first-order valence-corrected chi connectivity index (χ1v) is 8.43. The van der Waals surface area contributed by atoms with E-state index < -0.39 is 10.2 Å².